The molecule has 1 atom stereocenters. The van der Waals surface area contributed by atoms with Crippen LogP contribution in [0.5, 0.6) is 0 Å². The minimum absolute atomic E-state index is 0.0720. The van der Waals surface area contributed by atoms with Crippen LogP contribution in [0.1, 0.15) is 36.8 Å². The van der Waals surface area contributed by atoms with E-state index in [-0.39, 0.29) is 24.4 Å². The molecule has 1 aliphatic rings. The third-order valence-electron chi connectivity index (χ3n) is 5.27. The fourth-order valence-corrected chi connectivity index (χ4v) is 3.67. The number of carbonyl (C=O) groups excluding carboxylic acids is 2. The van der Waals surface area contributed by atoms with Gasteiger partial charge in [-0.25, -0.2) is 14.5 Å². The molecule has 2 aromatic carbocycles. The molecule has 0 saturated carbocycles. The maximum Gasteiger partial charge on any atom is 0.378 e. The van der Waals surface area contributed by atoms with Gasteiger partial charge in [0.05, 0.1) is 5.69 Å². The van der Waals surface area contributed by atoms with Gasteiger partial charge < -0.3 is 9.64 Å². The lowest BCUT2D eigenvalue weighted by molar-refractivity contribution is -0.137. The monoisotopic (exact) mass is 404 g/mol. The van der Waals surface area contributed by atoms with Crippen LogP contribution in [-0.2, 0) is 9.53 Å². The van der Waals surface area contributed by atoms with Crippen molar-refractivity contribution in [2.75, 3.05) is 13.2 Å². The summed E-state index contributed by atoms with van der Waals surface area (Å²) in [6.45, 7) is 2.43. The van der Waals surface area contributed by atoms with Crippen molar-refractivity contribution in [1.29, 1.82) is 0 Å². The Bertz CT molecular complexity index is 960. The van der Waals surface area contributed by atoms with Gasteiger partial charge in [-0.1, -0.05) is 48.5 Å². The number of ether oxygens (including phenoxy) is 1. The van der Waals surface area contributed by atoms with Crippen molar-refractivity contribution in [3.05, 3.63) is 66.5 Å². The largest absolute Gasteiger partial charge is 0.450 e. The molecule has 1 aliphatic heterocycles. The molecule has 7 nitrogen and oxygen atoms in total. The maximum atomic E-state index is 12.6. The van der Waals surface area contributed by atoms with Crippen molar-refractivity contribution in [1.82, 2.24) is 19.7 Å². The average Bonchev–Trinajstić information content (AvgIpc) is 3.24. The first kappa shape index (κ1) is 19.8. The molecule has 0 bridgehead atoms. The molecule has 1 unspecified atom stereocenters. The number of piperidine rings is 1. The zero-order valence-electron chi connectivity index (χ0n) is 16.9. The molecule has 1 fully saturated rings. The van der Waals surface area contributed by atoms with E-state index in [1.54, 1.807) is 9.58 Å². The Morgan fingerprint density at radius 1 is 1.03 bits per heavy atom. The van der Waals surface area contributed by atoms with Gasteiger partial charge >= 0.3 is 5.97 Å². The van der Waals surface area contributed by atoms with Gasteiger partial charge in [0.15, 0.2) is 12.4 Å². The van der Waals surface area contributed by atoms with Crippen LogP contribution in [0, 0.1) is 0 Å². The van der Waals surface area contributed by atoms with E-state index in [0.717, 1.165) is 30.5 Å². The van der Waals surface area contributed by atoms with E-state index in [4.69, 9.17) is 4.74 Å². The van der Waals surface area contributed by atoms with E-state index in [0.29, 0.717) is 12.4 Å². The van der Waals surface area contributed by atoms with Crippen molar-refractivity contribution < 1.29 is 14.3 Å². The molecule has 2 heterocycles. The second-order valence-corrected chi connectivity index (χ2v) is 7.38. The Hall–Kier alpha value is -3.48. The summed E-state index contributed by atoms with van der Waals surface area (Å²) in [7, 11) is 0. The molecular formula is C23H24N4O3. The second-order valence-electron chi connectivity index (χ2n) is 7.38. The number of amides is 1. The van der Waals surface area contributed by atoms with E-state index in [9.17, 15) is 9.59 Å². The van der Waals surface area contributed by atoms with E-state index in [1.165, 1.54) is 0 Å². The molecule has 30 heavy (non-hydrogen) atoms. The van der Waals surface area contributed by atoms with Gasteiger partial charge in [-0.3, -0.25) is 4.79 Å². The Morgan fingerprint density at radius 3 is 2.43 bits per heavy atom. The van der Waals surface area contributed by atoms with Crippen LogP contribution >= 0.6 is 0 Å². The summed E-state index contributed by atoms with van der Waals surface area (Å²) < 4.78 is 6.87. The molecule has 3 aromatic rings. The van der Waals surface area contributed by atoms with E-state index < -0.39 is 5.97 Å². The number of rotatable bonds is 5. The van der Waals surface area contributed by atoms with Gasteiger partial charge in [0, 0.05) is 18.2 Å². The van der Waals surface area contributed by atoms with Crippen molar-refractivity contribution in [2.45, 2.75) is 32.2 Å². The van der Waals surface area contributed by atoms with Gasteiger partial charge in [0.1, 0.15) is 0 Å². The number of carbonyl (C=O) groups is 2. The number of aromatic nitrogens is 3. The van der Waals surface area contributed by atoms with E-state index in [1.807, 2.05) is 67.6 Å². The summed E-state index contributed by atoms with van der Waals surface area (Å²) in [4.78, 5) is 31.3. The number of likely N-dealkylation sites (tertiary alicyclic amines) is 1. The predicted octanol–water partition coefficient (Wildman–Crippen LogP) is 3.49. The van der Waals surface area contributed by atoms with Gasteiger partial charge in [-0.05, 0) is 38.3 Å². The number of para-hydroxylation sites is 1. The molecule has 7 heteroatoms. The SMILES string of the molecule is CC1CCCCN1C(=O)COC(=O)c1nc(-c2ccccc2)n(-c2ccccc2)n1. The van der Waals surface area contributed by atoms with Crippen LogP contribution in [0.3, 0.4) is 0 Å². The van der Waals surface area contributed by atoms with Gasteiger partial charge in [-0.15, -0.1) is 5.10 Å². The van der Waals surface area contributed by atoms with Crippen molar-refractivity contribution in [2.24, 2.45) is 0 Å². The Balaban J connectivity index is 1.54. The van der Waals surface area contributed by atoms with Crippen molar-refractivity contribution in [3.63, 3.8) is 0 Å². The topological polar surface area (TPSA) is 77.3 Å². The first-order valence-corrected chi connectivity index (χ1v) is 10.2. The van der Waals surface area contributed by atoms with Crippen LogP contribution in [0.25, 0.3) is 17.1 Å². The standard InChI is InChI=1S/C23H24N4O3/c1-17-10-8-9-15-26(17)20(28)16-30-23(29)21-24-22(18-11-4-2-5-12-18)27(25-21)19-13-6-3-7-14-19/h2-7,11-14,17H,8-10,15-16H2,1H3. The third-order valence-corrected chi connectivity index (χ3v) is 5.27. The molecule has 0 spiro atoms. The van der Waals surface area contributed by atoms with Crippen LogP contribution in [0.2, 0.25) is 0 Å². The minimum atomic E-state index is -0.708. The normalized spacial score (nSPS) is 16.3. The summed E-state index contributed by atoms with van der Waals surface area (Å²) in [6.07, 6.45) is 3.07. The smallest absolute Gasteiger partial charge is 0.378 e. The lowest BCUT2D eigenvalue weighted by Gasteiger charge is -2.33. The van der Waals surface area contributed by atoms with Crippen LogP contribution in [-0.4, -0.2) is 50.7 Å². The Morgan fingerprint density at radius 2 is 1.73 bits per heavy atom. The molecule has 154 valence electrons. The summed E-state index contributed by atoms with van der Waals surface area (Å²) in [5.74, 6) is -0.428. The van der Waals surface area contributed by atoms with E-state index >= 15 is 0 Å². The van der Waals surface area contributed by atoms with Crippen LogP contribution in [0.4, 0.5) is 0 Å². The molecule has 4 rings (SSSR count). The highest BCUT2D eigenvalue weighted by Crippen LogP contribution is 2.21. The highest BCUT2D eigenvalue weighted by Gasteiger charge is 2.25. The van der Waals surface area contributed by atoms with Crippen LogP contribution in [0.15, 0.2) is 60.7 Å². The number of nitrogens with zero attached hydrogens (tertiary/aromatic N) is 4. The number of hydrogen-bond donors (Lipinski definition) is 0. The van der Waals surface area contributed by atoms with Gasteiger partial charge in [0.25, 0.3) is 11.7 Å². The molecule has 1 amide bonds. The Kier molecular flexibility index (Phi) is 5.88. The second kappa shape index (κ2) is 8.90. The molecule has 1 aromatic heterocycles. The van der Waals surface area contributed by atoms with Gasteiger partial charge in [-0.2, -0.15) is 0 Å². The zero-order valence-corrected chi connectivity index (χ0v) is 16.9. The van der Waals surface area contributed by atoms with E-state index in [2.05, 4.69) is 10.1 Å². The number of hydrogen-bond acceptors (Lipinski definition) is 5. The van der Waals surface area contributed by atoms with Crippen LogP contribution < -0.4 is 0 Å². The quantitative estimate of drug-likeness (QED) is 0.609. The maximum absolute atomic E-state index is 12.6. The summed E-state index contributed by atoms with van der Waals surface area (Å²) in [6, 6.07) is 19.1. The third kappa shape index (κ3) is 4.25. The summed E-state index contributed by atoms with van der Waals surface area (Å²) >= 11 is 0. The van der Waals surface area contributed by atoms with Gasteiger partial charge in [0.2, 0.25) is 0 Å². The zero-order chi connectivity index (χ0) is 20.9. The van der Waals surface area contributed by atoms with Crippen molar-refractivity contribution >= 4 is 11.9 Å². The molecular weight excluding hydrogens is 380 g/mol. The lowest BCUT2D eigenvalue weighted by atomic mass is 10.0. The molecule has 0 aliphatic carbocycles. The summed E-state index contributed by atoms with van der Waals surface area (Å²) in [5.41, 5.74) is 1.60. The fraction of sp³-hybridized carbons (Fsp3) is 0.304. The van der Waals surface area contributed by atoms with Crippen molar-refractivity contribution in [3.8, 4) is 17.1 Å². The Labute approximate surface area is 175 Å². The lowest BCUT2D eigenvalue weighted by Crippen LogP contribution is -2.44. The average molecular weight is 404 g/mol. The number of esters is 1. The highest BCUT2D eigenvalue weighted by atomic mass is 16.5. The molecule has 0 radical (unpaired) electrons. The minimum Gasteiger partial charge on any atom is -0.450 e. The first-order valence-electron chi connectivity index (χ1n) is 10.2. The molecule has 0 N–H and O–H groups in total. The highest BCUT2D eigenvalue weighted by molar-refractivity contribution is 5.88. The first-order chi connectivity index (χ1) is 14.6. The summed E-state index contributed by atoms with van der Waals surface area (Å²) in [5, 5.41) is 4.37. The number of benzene rings is 2. The predicted molar refractivity (Wildman–Crippen MR) is 112 cm³/mol. The fourth-order valence-electron chi connectivity index (χ4n) is 3.67. The molecule has 1 saturated heterocycles.